The van der Waals surface area contributed by atoms with E-state index in [1.165, 1.54) is 0 Å². The molecule has 0 saturated carbocycles. The summed E-state index contributed by atoms with van der Waals surface area (Å²) in [6.45, 7) is 6.68. The van der Waals surface area contributed by atoms with E-state index in [4.69, 9.17) is 5.73 Å². The lowest BCUT2D eigenvalue weighted by Crippen LogP contribution is -2.25. The number of para-hydroxylation sites is 1. The number of anilines is 1. The third-order valence-corrected chi connectivity index (χ3v) is 3.25. The van der Waals surface area contributed by atoms with Crippen molar-refractivity contribution in [1.82, 2.24) is 0 Å². The Balaban J connectivity index is 2.79. The third-order valence-electron chi connectivity index (χ3n) is 3.25. The quantitative estimate of drug-likeness (QED) is 0.813. The molecule has 0 aliphatic rings. The molecule has 1 amide bonds. The molecule has 0 bridgehead atoms. The molecule has 0 aliphatic heterocycles. The molecule has 0 heterocycles. The maximum atomic E-state index is 12.2. The van der Waals surface area contributed by atoms with Gasteiger partial charge in [-0.2, -0.15) is 0 Å². The molecule has 3 N–H and O–H groups in total. The fraction of sp³-hybridized carbons (Fsp3) is 0.533. The molecule has 1 unspecified atom stereocenters. The highest BCUT2D eigenvalue weighted by Gasteiger charge is 2.17. The first-order valence-electron chi connectivity index (χ1n) is 6.67. The topological polar surface area (TPSA) is 55.1 Å². The number of nitrogens with one attached hydrogen (secondary N) is 1. The van der Waals surface area contributed by atoms with Crippen LogP contribution in [-0.4, -0.2) is 12.5 Å². The summed E-state index contributed by atoms with van der Waals surface area (Å²) >= 11 is 0. The van der Waals surface area contributed by atoms with Crippen molar-refractivity contribution in [3.05, 3.63) is 29.3 Å². The molecule has 0 radical (unpaired) electrons. The Hall–Kier alpha value is -1.35. The van der Waals surface area contributed by atoms with Crippen LogP contribution in [0.4, 0.5) is 5.69 Å². The molecule has 0 aliphatic carbocycles. The van der Waals surface area contributed by atoms with Gasteiger partial charge >= 0.3 is 0 Å². The molecular formula is C15H24N2O. The summed E-state index contributed by atoms with van der Waals surface area (Å²) in [4.78, 5) is 12.2. The van der Waals surface area contributed by atoms with Gasteiger partial charge in [-0.3, -0.25) is 4.79 Å². The summed E-state index contributed by atoms with van der Waals surface area (Å²) in [5.41, 5.74) is 8.72. The van der Waals surface area contributed by atoms with Crippen LogP contribution in [0.3, 0.4) is 0 Å². The van der Waals surface area contributed by atoms with E-state index in [-0.39, 0.29) is 11.8 Å². The van der Waals surface area contributed by atoms with E-state index in [0.29, 0.717) is 6.54 Å². The maximum absolute atomic E-state index is 12.2. The van der Waals surface area contributed by atoms with Crippen molar-refractivity contribution in [3.63, 3.8) is 0 Å². The molecule has 0 aromatic heterocycles. The number of hydrogen-bond donors (Lipinski definition) is 2. The lowest BCUT2D eigenvalue weighted by atomic mass is 9.98. The molecule has 1 atom stereocenters. The molecule has 0 spiro atoms. The second kappa shape index (κ2) is 7.17. The average molecular weight is 248 g/mol. The normalized spacial score (nSPS) is 12.2. The third kappa shape index (κ3) is 3.84. The standard InChI is InChI=1S/C15H24N2O/c1-4-6-13(9-10-16)15(18)17-14-11(2)7-5-8-12(14)3/h5,7-8,13H,4,6,9-10,16H2,1-3H3,(H,17,18). The van der Waals surface area contributed by atoms with Crippen LogP contribution in [0, 0.1) is 19.8 Å². The van der Waals surface area contributed by atoms with Gasteiger partial charge in [-0.25, -0.2) is 0 Å². The minimum absolute atomic E-state index is 0.0269. The fourth-order valence-corrected chi connectivity index (χ4v) is 2.19. The minimum atomic E-state index is 0.0269. The Morgan fingerprint density at radius 2 is 1.89 bits per heavy atom. The van der Waals surface area contributed by atoms with E-state index in [0.717, 1.165) is 36.1 Å². The number of nitrogens with two attached hydrogens (primary N) is 1. The van der Waals surface area contributed by atoms with E-state index >= 15 is 0 Å². The van der Waals surface area contributed by atoms with Crippen molar-refractivity contribution in [1.29, 1.82) is 0 Å². The first-order valence-corrected chi connectivity index (χ1v) is 6.67. The maximum Gasteiger partial charge on any atom is 0.227 e. The summed E-state index contributed by atoms with van der Waals surface area (Å²) < 4.78 is 0. The molecule has 0 fully saturated rings. The monoisotopic (exact) mass is 248 g/mol. The largest absolute Gasteiger partial charge is 0.330 e. The van der Waals surface area contributed by atoms with E-state index in [1.807, 2.05) is 32.0 Å². The van der Waals surface area contributed by atoms with Crippen molar-refractivity contribution < 1.29 is 4.79 Å². The molecule has 3 nitrogen and oxygen atoms in total. The molecule has 0 saturated heterocycles. The number of benzene rings is 1. The number of rotatable bonds is 6. The lowest BCUT2D eigenvalue weighted by Gasteiger charge is -2.17. The van der Waals surface area contributed by atoms with Gasteiger partial charge in [0.05, 0.1) is 0 Å². The molecule has 100 valence electrons. The van der Waals surface area contributed by atoms with Crippen molar-refractivity contribution >= 4 is 11.6 Å². The van der Waals surface area contributed by atoms with Crippen molar-refractivity contribution in [3.8, 4) is 0 Å². The predicted molar refractivity (Wildman–Crippen MR) is 76.6 cm³/mol. The Kier molecular flexibility index (Phi) is 5.86. The number of hydrogen-bond acceptors (Lipinski definition) is 2. The van der Waals surface area contributed by atoms with Gasteiger partial charge in [-0.05, 0) is 44.4 Å². The number of carbonyl (C=O) groups is 1. The van der Waals surface area contributed by atoms with Crippen molar-refractivity contribution in [2.45, 2.75) is 40.0 Å². The van der Waals surface area contributed by atoms with E-state index in [2.05, 4.69) is 12.2 Å². The fourth-order valence-electron chi connectivity index (χ4n) is 2.19. The summed E-state index contributed by atoms with van der Waals surface area (Å²) in [5, 5.41) is 3.05. The van der Waals surface area contributed by atoms with Crippen LogP contribution in [-0.2, 0) is 4.79 Å². The first kappa shape index (κ1) is 14.7. The molecule has 1 rings (SSSR count). The zero-order valence-corrected chi connectivity index (χ0v) is 11.6. The SMILES string of the molecule is CCCC(CCN)C(=O)Nc1c(C)cccc1C. The predicted octanol–water partition coefficient (Wildman–Crippen LogP) is 3.01. The van der Waals surface area contributed by atoms with E-state index < -0.39 is 0 Å². The highest BCUT2D eigenvalue weighted by molar-refractivity contribution is 5.94. The molecular weight excluding hydrogens is 224 g/mol. The molecule has 3 heteroatoms. The summed E-state index contributed by atoms with van der Waals surface area (Å²) in [5.74, 6) is 0.124. The molecule has 18 heavy (non-hydrogen) atoms. The van der Waals surface area contributed by atoms with Gasteiger partial charge in [0.25, 0.3) is 0 Å². The van der Waals surface area contributed by atoms with Crippen LogP contribution >= 0.6 is 0 Å². The van der Waals surface area contributed by atoms with Gasteiger partial charge in [0.2, 0.25) is 5.91 Å². The van der Waals surface area contributed by atoms with Gasteiger partial charge in [-0.15, -0.1) is 0 Å². The highest BCUT2D eigenvalue weighted by Crippen LogP contribution is 2.21. The Morgan fingerprint density at radius 1 is 1.28 bits per heavy atom. The lowest BCUT2D eigenvalue weighted by molar-refractivity contribution is -0.120. The Morgan fingerprint density at radius 3 is 2.39 bits per heavy atom. The van der Waals surface area contributed by atoms with Gasteiger partial charge < -0.3 is 11.1 Å². The summed E-state index contributed by atoms with van der Waals surface area (Å²) in [7, 11) is 0. The Bertz CT molecular complexity index is 375. The van der Waals surface area contributed by atoms with Gasteiger partial charge in [0.1, 0.15) is 0 Å². The van der Waals surface area contributed by atoms with Crippen LogP contribution in [0.25, 0.3) is 0 Å². The number of carbonyl (C=O) groups excluding carboxylic acids is 1. The van der Waals surface area contributed by atoms with Crippen LogP contribution in [0.2, 0.25) is 0 Å². The van der Waals surface area contributed by atoms with Crippen LogP contribution in [0.1, 0.15) is 37.3 Å². The van der Waals surface area contributed by atoms with Gasteiger partial charge in [0.15, 0.2) is 0 Å². The molecule has 1 aromatic carbocycles. The van der Waals surface area contributed by atoms with Gasteiger partial charge in [-0.1, -0.05) is 31.5 Å². The molecule has 1 aromatic rings. The smallest absolute Gasteiger partial charge is 0.227 e. The van der Waals surface area contributed by atoms with Crippen LogP contribution < -0.4 is 11.1 Å². The number of amides is 1. The average Bonchev–Trinajstić information content (AvgIpc) is 2.33. The van der Waals surface area contributed by atoms with Crippen LogP contribution in [0.15, 0.2) is 18.2 Å². The summed E-state index contributed by atoms with van der Waals surface area (Å²) in [6.07, 6.45) is 2.66. The van der Waals surface area contributed by atoms with E-state index in [9.17, 15) is 4.79 Å². The summed E-state index contributed by atoms with van der Waals surface area (Å²) in [6, 6.07) is 6.03. The highest BCUT2D eigenvalue weighted by atomic mass is 16.1. The first-order chi connectivity index (χ1) is 8.60. The zero-order chi connectivity index (χ0) is 13.5. The zero-order valence-electron chi connectivity index (χ0n) is 11.6. The second-order valence-corrected chi connectivity index (χ2v) is 4.82. The van der Waals surface area contributed by atoms with E-state index in [1.54, 1.807) is 0 Å². The second-order valence-electron chi connectivity index (χ2n) is 4.82. The minimum Gasteiger partial charge on any atom is -0.330 e. The van der Waals surface area contributed by atoms with Crippen LogP contribution in [0.5, 0.6) is 0 Å². The van der Waals surface area contributed by atoms with Crippen molar-refractivity contribution in [2.24, 2.45) is 11.7 Å². The number of aryl methyl sites for hydroxylation is 2. The van der Waals surface area contributed by atoms with Gasteiger partial charge in [0, 0.05) is 11.6 Å². The van der Waals surface area contributed by atoms with Crippen molar-refractivity contribution in [2.75, 3.05) is 11.9 Å². The Labute approximate surface area is 110 Å².